The van der Waals surface area contributed by atoms with Gasteiger partial charge < -0.3 is 5.32 Å². The molecule has 0 aliphatic rings. The van der Waals surface area contributed by atoms with Crippen LogP contribution in [-0.4, -0.2) is 20.9 Å². The van der Waals surface area contributed by atoms with Crippen LogP contribution in [-0.2, 0) is 14.8 Å². The number of anilines is 1. The van der Waals surface area contributed by atoms with Gasteiger partial charge in [-0.1, -0.05) is 0 Å². The minimum absolute atomic E-state index is 0.282. The van der Waals surface area contributed by atoms with E-state index < -0.39 is 51.4 Å². The lowest BCUT2D eigenvalue weighted by Gasteiger charge is -2.09. The fraction of sp³-hybridized carbons (Fsp3) is 0.0714. The van der Waals surface area contributed by atoms with Crippen LogP contribution in [0, 0.1) is 23.3 Å². The maximum atomic E-state index is 13.4. The maximum absolute atomic E-state index is 13.4. The molecule has 2 aromatic carbocycles. The predicted molar refractivity (Wildman–Crippen MR) is 76.5 cm³/mol. The molecule has 0 bridgehead atoms. The average Bonchev–Trinajstić information content (AvgIpc) is 2.54. The van der Waals surface area contributed by atoms with Crippen molar-refractivity contribution in [3.05, 3.63) is 59.7 Å². The Morgan fingerprint density at radius 1 is 0.917 bits per heavy atom. The van der Waals surface area contributed by atoms with E-state index in [0.717, 1.165) is 30.3 Å². The quantitative estimate of drug-likeness (QED) is 0.632. The van der Waals surface area contributed by atoms with E-state index in [0.29, 0.717) is 6.07 Å². The second-order valence-electron chi connectivity index (χ2n) is 4.55. The standard InChI is InChI=1S/C14H10F4N2O3S/c15-8-1-3-9(4-2-8)24(22,23)19-7-12(21)20-11-6-5-10(16)13(17)14(11)18/h1-6,19H,7H2,(H,20,21). The summed E-state index contributed by atoms with van der Waals surface area (Å²) < 4.78 is 77.6. The average molecular weight is 362 g/mol. The summed E-state index contributed by atoms with van der Waals surface area (Å²) in [5.41, 5.74) is -0.639. The van der Waals surface area contributed by atoms with Crippen LogP contribution in [0.1, 0.15) is 0 Å². The zero-order valence-corrected chi connectivity index (χ0v) is 12.6. The molecule has 128 valence electrons. The van der Waals surface area contributed by atoms with Crippen molar-refractivity contribution in [2.75, 3.05) is 11.9 Å². The number of carbonyl (C=O) groups is 1. The zero-order valence-electron chi connectivity index (χ0n) is 11.8. The molecule has 0 atom stereocenters. The van der Waals surface area contributed by atoms with Crippen molar-refractivity contribution in [3.8, 4) is 0 Å². The van der Waals surface area contributed by atoms with Crippen molar-refractivity contribution in [1.29, 1.82) is 0 Å². The normalized spacial score (nSPS) is 11.3. The minimum atomic E-state index is -4.09. The Labute approximate surface area is 134 Å². The Kier molecular flexibility index (Phi) is 5.20. The predicted octanol–water partition coefficient (Wildman–Crippen LogP) is 2.16. The first-order chi connectivity index (χ1) is 11.2. The molecule has 0 spiro atoms. The number of rotatable bonds is 5. The molecule has 2 aromatic rings. The first-order valence-electron chi connectivity index (χ1n) is 6.39. The number of benzene rings is 2. The molecular formula is C14H10F4N2O3S. The van der Waals surface area contributed by atoms with Crippen LogP contribution >= 0.6 is 0 Å². The summed E-state index contributed by atoms with van der Waals surface area (Å²) in [5, 5.41) is 1.90. The molecule has 0 aliphatic carbocycles. The van der Waals surface area contributed by atoms with Gasteiger partial charge in [-0.15, -0.1) is 0 Å². The monoisotopic (exact) mass is 362 g/mol. The van der Waals surface area contributed by atoms with Gasteiger partial charge in [0.2, 0.25) is 15.9 Å². The summed E-state index contributed by atoms with van der Waals surface area (Å²) in [6, 6.07) is 5.22. The molecule has 0 aliphatic heterocycles. The number of hydrogen-bond acceptors (Lipinski definition) is 3. The molecule has 0 unspecified atom stereocenters. The summed E-state index contributed by atoms with van der Waals surface area (Å²) in [6.45, 7) is -0.794. The Bertz CT molecular complexity index is 870. The fourth-order valence-corrected chi connectivity index (χ4v) is 2.66. The highest BCUT2D eigenvalue weighted by molar-refractivity contribution is 7.89. The summed E-state index contributed by atoms with van der Waals surface area (Å²) >= 11 is 0. The van der Waals surface area contributed by atoms with Crippen molar-refractivity contribution in [1.82, 2.24) is 4.72 Å². The second-order valence-corrected chi connectivity index (χ2v) is 6.32. The van der Waals surface area contributed by atoms with E-state index in [4.69, 9.17) is 0 Å². The summed E-state index contributed by atoms with van der Waals surface area (Å²) in [6.07, 6.45) is 0. The van der Waals surface area contributed by atoms with Gasteiger partial charge in [-0.25, -0.2) is 30.7 Å². The second kappa shape index (κ2) is 6.97. The molecule has 0 radical (unpaired) electrons. The zero-order chi connectivity index (χ0) is 17.9. The smallest absolute Gasteiger partial charge is 0.241 e. The van der Waals surface area contributed by atoms with Gasteiger partial charge in [-0.2, -0.15) is 0 Å². The molecule has 5 nitrogen and oxygen atoms in total. The molecule has 0 heterocycles. The lowest BCUT2D eigenvalue weighted by molar-refractivity contribution is -0.115. The van der Waals surface area contributed by atoms with Gasteiger partial charge in [0.15, 0.2) is 17.5 Å². The number of halogens is 4. The fourth-order valence-electron chi connectivity index (χ4n) is 1.67. The van der Waals surface area contributed by atoms with E-state index in [1.807, 2.05) is 10.0 Å². The topological polar surface area (TPSA) is 75.3 Å². The molecule has 0 aromatic heterocycles. The van der Waals surface area contributed by atoms with Gasteiger partial charge in [0, 0.05) is 0 Å². The van der Waals surface area contributed by atoms with Gasteiger partial charge in [0.1, 0.15) is 5.82 Å². The van der Waals surface area contributed by atoms with Gasteiger partial charge in [0.25, 0.3) is 0 Å². The van der Waals surface area contributed by atoms with E-state index in [1.165, 1.54) is 0 Å². The largest absolute Gasteiger partial charge is 0.322 e. The highest BCUT2D eigenvalue weighted by Crippen LogP contribution is 2.19. The van der Waals surface area contributed by atoms with Crippen molar-refractivity contribution in [2.24, 2.45) is 0 Å². The lowest BCUT2D eigenvalue weighted by atomic mass is 10.3. The van der Waals surface area contributed by atoms with Crippen LogP contribution in [0.2, 0.25) is 0 Å². The molecule has 24 heavy (non-hydrogen) atoms. The number of sulfonamides is 1. The van der Waals surface area contributed by atoms with Crippen molar-refractivity contribution < 1.29 is 30.8 Å². The van der Waals surface area contributed by atoms with E-state index in [-0.39, 0.29) is 4.90 Å². The molecule has 0 fully saturated rings. The third-order valence-electron chi connectivity index (χ3n) is 2.86. The van der Waals surface area contributed by atoms with Crippen LogP contribution in [0.4, 0.5) is 23.2 Å². The van der Waals surface area contributed by atoms with E-state index in [1.54, 1.807) is 0 Å². The third-order valence-corrected chi connectivity index (χ3v) is 4.27. The highest BCUT2D eigenvalue weighted by Gasteiger charge is 2.18. The molecule has 2 rings (SSSR count). The van der Waals surface area contributed by atoms with E-state index in [9.17, 15) is 30.8 Å². The van der Waals surface area contributed by atoms with Crippen molar-refractivity contribution in [3.63, 3.8) is 0 Å². The summed E-state index contributed by atoms with van der Waals surface area (Å²) in [4.78, 5) is 11.3. The van der Waals surface area contributed by atoms with Gasteiger partial charge in [0.05, 0.1) is 17.1 Å². The Morgan fingerprint density at radius 3 is 2.17 bits per heavy atom. The number of amides is 1. The first-order valence-corrected chi connectivity index (χ1v) is 7.87. The van der Waals surface area contributed by atoms with Crippen LogP contribution in [0.25, 0.3) is 0 Å². The minimum Gasteiger partial charge on any atom is -0.322 e. The van der Waals surface area contributed by atoms with Crippen LogP contribution < -0.4 is 10.0 Å². The number of carbonyl (C=O) groups excluding carboxylic acids is 1. The van der Waals surface area contributed by atoms with Crippen LogP contribution in [0.5, 0.6) is 0 Å². The summed E-state index contributed by atoms with van der Waals surface area (Å²) in [7, 11) is -4.09. The maximum Gasteiger partial charge on any atom is 0.241 e. The molecule has 0 saturated carbocycles. The molecule has 1 amide bonds. The summed E-state index contributed by atoms with van der Waals surface area (Å²) in [5.74, 6) is -6.45. The van der Waals surface area contributed by atoms with E-state index >= 15 is 0 Å². The van der Waals surface area contributed by atoms with Crippen LogP contribution in [0.15, 0.2) is 41.3 Å². The Morgan fingerprint density at radius 2 is 1.54 bits per heavy atom. The Balaban J connectivity index is 2.03. The third kappa shape index (κ3) is 4.09. The highest BCUT2D eigenvalue weighted by atomic mass is 32.2. The molecule has 2 N–H and O–H groups in total. The van der Waals surface area contributed by atoms with Gasteiger partial charge in [-0.05, 0) is 36.4 Å². The molecule has 0 saturated heterocycles. The first kappa shape index (κ1) is 17.9. The van der Waals surface area contributed by atoms with Gasteiger partial charge >= 0.3 is 0 Å². The number of nitrogens with one attached hydrogen (secondary N) is 2. The SMILES string of the molecule is O=C(CNS(=O)(=O)c1ccc(F)cc1)Nc1ccc(F)c(F)c1F. The van der Waals surface area contributed by atoms with Gasteiger partial charge in [-0.3, -0.25) is 4.79 Å². The lowest BCUT2D eigenvalue weighted by Crippen LogP contribution is -2.33. The van der Waals surface area contributed by atoms with Crippen molar-refractivity contribution >= 4 is 21.6 Å². The molecule has 10 heteroatoms. The van der Waals surface area contributed by atoms with Crippen molar-refractivity contribution in [2.45, 2.75) is 4.90 Å². The van der Waals surface area contributed by atoms with E-state index in [2.05, 4.69) is 0 Å². The number of hydrogen-bond donors (Lipinski definition) is 2. The molecular weight excluding hydrogens is 352 g/mol. The Hall–Kier alpha value is -2.46. The van der Waals surface area contributed by atoms with Crippen LogP contribution in [0.3, 0.4) is 0 Å².